The molecule has 1 aliphatic rings. The van der Waals surface area contributed by atoms with Crippen LogP contribution < -0.4 is 5.32 Å². The van der Waals surface area contributed by atoms with E-state index in [9.17, 15) is 14.4 Å². The van der Waals surface area contributed by atoms with Crippen molar-refractivity contribution < 1.29 is 19.1 Å². The van der Waals surface area contributed by atoms with Gasteiger partial charge < -0.3 is 10.1 Å². The molecule has 1 rings (SSSR count). The fourth-order valence-corrected chi connectivity index (χ4v) is 4.50. The number of esters is 1. The van der Waals surface area contributed by atoms with Crippen molar-refractivity contribution in [2.45, 2.75) is 64.6 Å². The van der Waals surface area contributed by atoms with Gasteiger partial charge in [-0.15, -0.1) is 0 Å². The van der Waals surface area contributed by atoms with Gasteiger partial charge in [0, 0.05) is 19.4 Å². The molecule has 0 saturated carbocycles. The fraction of sp³-hybridized carbons (Fsp3) is 0.769. The van der Waals surface area contributed by atoms with Crippen molar-refractivity contribution in [2.75, 3.05) is 0 Å². The summed E-state index contributed by atoms with van der Waals surface area (Å²) in [4.78, 5) is 37.0. The summed E-state index contributed by atoms with van der Waals surface area (Å²) in [7, 11) is -1.66. The number of carbonyl (C=O) groups is 3. The van der Waals surface area contributed by atoms with Crippen molar-refractivity contribution in [3.05, 3.63) is 0 Å². The fourth-order valence-electron chi connectivity index (χ4n) is 2.59. The topological polar surface area (TPSA) is 75.7 Å². The number of hydrogen-bond acceptors (Lipinski definition) is 4. The molecular weight excluding hydrogens is 276 g/mol. The van der Waals surface area contributed by atoms with E-state index in [1.54, 1.807) is 0 Å². The minimum atomic E-state index is -1.66. The molecule has 1 aliphatic heterocycles. The van der Waals surface area contributed by atoms with Gasteiger partial charge in [-0.1, -0.05) is 13.1 Å². The first kappa shape index (κ1) is 16.7. The number of β-lactam (4-membered cyclic amide) rings is 1. The highest BCUT2D eigenvalue weighted by molar-refractivity contribution is 6.66. The van der Waals surface area contributed by atoms with Crippen LogP contribution in [0.5, 0.6) is 0 Å². The van der Waals surface area contributed by atoms with Crippen LogP contribution in [0.3, 0.4) is 0 Å². The Balaban J connectivity index is 3.25. The molecule has 1 fully saturated rings. The predicted molar refractivity (Wildman–Crippen MR) is 77.6 cm³/mol. The first-order chi connectivity index (χ1) is 8.94. The Kier molecular flexibility index (Phi) is 4.33. The standard InChI is InChI=1S/C13H24N2O4Si/c1-8(16)14-13(20(6)7)10(18)15(12(3,4)5)11(13)19-9(2)17/h11,20H,1-7H3,(H,14,16)/t11-,13+/m0/s1. The van der Waals surface area contributed by atoms with E-state index in [0.29, 0.717) is 0 Å². The van der Waals surface area contributed by atoms with Crippen molar-refractivity contribution >= 4 is 26.6 Å². The van der Waals surface area contributed by atoms with Gasteiger partial charge in [-0.25, -0.2) is 0 Å². The third-order valence-electron chi connectivity index (χ3n) is 3.49. The van der Waals surface area contributed by atoms with Crippen LogP contribution >= 0.6 is 0 Å². The number of amides is 2. The van der Waals surface area contributed by atoms with Crippen LogP contribution in [0.4, 0.5) is 0 Å². The van der Waals surface area contributed by atoms with Gasteiger partial charge in [0.15, 0.2) is 5.16 Å². The second kappa shape index (κ2) is 5.20. The number of ether oxygens (including phenoxy) is 1. The number of carbonyl (C=O) groups excluding carboxylic acids is 3. The Hall–Kier alpha value is -1.37. The molecule has 7 heteroatoms. The maximum absolute atomic E-state index is 12.7. The molecule has 0 aromatic heterocycles. The SMILES string of the molecule is CC(=O)N[C@@]1([SiH](C)C)C(=O)N(C(C)(C)C)[C@H]1OC(C)=O. The predicted octanol–water partition coefficient (Wildman–Crippen LogP) is 0.417. The lowest BCUT2D eigenvalue weighted by Crippen LogP contribution is -2.87. The summed E-state index contributed by atoms with van der Waals surface area (Å²) in [6.45, 7) is 12.2. The monoisotopic (exact) mass is 300 g/mol. The average Bonchev–Trinajstić information content (AvgIpc) is 2.21. The Morgan fingerprint density at radius 2 is 1.80 bits per heavy atom. The van der Waals surface area contributed by atoms with Crippen molar-refractivity contribution in [1.82, 2.24) is 10.2 Å². The lowest BCUT2D eigenvalue weighted by atomic mass is 9.93. The zero-order chi connectivity index (χ0) is 15.9. The summed E-state index contributed by atoms with van der Waals surface area (Å²) in [5.41, 5.74) is -0.470. The van der Waals surface area contributed by atoms with Crippen LogP contribution in [0.1, 0.15) is 34.6 Å². The van der Waals surface area contributed by atoms with Crippen molar-refractivity contribution in [3.63, 3.8) is 0 Å². The zero-order valence-corrected chi connectivity index (χ0v) is 14.4. The minimum absolute atomic E-state index is 0.159. The summed E-state index contributed by atoms with van der Waals surface area (Å²) in [6.07, 6.45) is -0.719. The van der Waals surface area contributed by atoms with E-state index in [2.05, 4.69) is 5.32 Å². The largest absolute Gasteiger partial charge is 0.439 e. The maximum atomic E-state index is 12.7. The molecule has 2 amide bonds. The van der Waals surface area contributed by atoms with Gasteiger partial charge in [-0.3, -0.25) is 19.3 Å². The molecule has 6 nitrogen and oxygen atoms in total. The molecule has 0 unspecified atom stereocenters. The first-order valence-corrected chi connectivity index (χ1v) is 9.63. The van der Waals surface area contributed by atoms with Gasteiger partial charge >= 0.3 is 5.97 Å². The van der Waals surface area contributed by atoms with E-state index >= 15 is 0 Å². The summed E-state index contributed by atoms with van der Waals surface area (Å²) in [5, 5.41) is 1.72. The summed E-state index contributed by atoms with van der Waals surface area (Å²) < 4.78 is 5.36. The Morgan fingerprint density at radius 1 is 1.30 bits per heavy atom. The number of nitrogens with one attached hydrogen (secondary N) is 1. The van der Waals surface area contributed by atoms with Crippen LogP contribution in [-0.2, 0) is 19.1 Å². The van der Waals surface area contributed by atoms with Crippen molar-refractivity contribution in [3.8, 4) is 0 Å². The molecule has 0 radical (unpaired) electrons. The van der Waals surface area contributed by atoms with Crippen molar-refractivity contribution in [2.24, 2.45) is 0 Å². The molecule has 20 heavy (non-hydrogen) atoms. The van der Waals surface area contributed by atoms with E-state index in [-0.39, 0.29) is 11.8 Å². The number of nitrogens with zero attached hydrogens (tertiary/aromatic N) is 1. The lowest BCUT2D eigenvalue weighted by Gasteiger charge is -2.60. The number of likely N-dealkylation sites (tertiary alicyclic amines) is 1. The molecule has 0 aromatic carbocycles. The third-order valence-corrected chi connectivity index (χ3v) is 5.99. The second-order valence-corrected chi connectivity index (χ2v) is 9.73. The van der Waals surface area contributed by atoms with Gasteiger partial charge in [0.2, 0.25) is 12.1 Å². The van der Waals surface area contributed by atoms with Crippen molar-refractivity contribution in [1.29, 1.82) is 0 Å². The molecule has 2 atom stereocenters. The molecule has 1 heterocycles. The molecule has 0 aliphatic carbocycles. The van der Waals surface area contributed by atoms with Crippen LogP contribution in [0.25, 0.3) is 0 Å². The highest BCUT2D eigenvalue weighted by Crippen LogP contribution is 2.39. The average molecular weight is 300 g/mol. The second-order valence-electron chi connectivity index (χ2n) is 6.51. The van der Waals surface area contributed by atoms with Gasteiger partial charge in [-0.05, 0) is 20.8 Å². The highest BCUT2D eigenvalue weighted by Gasteiger charge is 2.67. The van der Waals surface area contributed by atoms with Gasteiger partial charge in [0.05, 0.1) is 8.80 Å². The molecule has 0 spiro atoms. The van der Waals surface area contributed by atoms with Gasteiger partial charge in [0.1, 0.15) is 0 Å². The third kappa shape index (κ3) is 2.59. The van der Waals surface area contributed by atoms with Crippen LogP contribution in [-0.4, -0.2) is 48.4 Å². The van der Waals surface area contributed by atoms with Crippen LogP contribution in [0, 0.1) is 0 Å². The molecule has 1 saturated heterocycles. The normalized spacial score (nSPS) is 26.3. The van der Waals surface area contributed by atoms with E-state index in [1.807, 2.05) is 33.9 Å². The van der Waals surface area contributed by atoms with E-state index in [0.717, 1.165) is 0 Å². The first-order valence-electron chi connectivity index (χ1n) is 6.74. The van der Waals surface area contributed by atoms with Crippen LogP contribution in [0.2, 0.25) is 13.1 Å². The Morgan fingerprint density at radius 3 is 2.10 bits per heavy atom. The molecule has 0 aromatic rings. The summed E-state index contributed by atoms with van der Waals surface area (Å²) in [5.74, 6) is -0.903. The number of hydrogen-bond donors (Lipinski definition) is 1. The summed E-state index contributed by atoms with van der Waals surface area (Å²) >= 11 is 0. The maximum Gasteiger partial charge on any atom is 0.304 e. The Bertz CT molecular complexity index is 444. The summed E-state index contributed by atoms with van der Waals surface area (Å²) in [6, 6.07) is 0. The molecule has 114 valence electrons. The van der Waals surface area contributed by atoms with E-state index < -0.39 is 31.7 Å². The zero-order valence-electron chi connectivity index (χ0n) is 13.2. The smallest absolute Gasteiger partial charge is 0.304 e. The van der Waals surface area contributed by atoms with Gasteiger partial charge in [-0.2, -0.15) is 0 Å². The Labute approximate surface area is 121 Å². The molecule has 1 N–H and O–H groups in total. The van der Waals surface area contributed by atoms with E-state index in [4.69, 9.17) is 4.74 Å². The van der Waals surface area contributed by atoms with E-state index in [1.165, 1.54) is 18.7 Å². The minimum Gasteiger partial charge on any atom is -0.439 e. The molecule has 0 bridgehead atoms. The molecular formula is C13H24N2O4Si. The van der Waals surface area contributed by atoms with Gasteiger partial charge in [0.25, 0.3) is 5.91 Å². The highest BCUT2D eigenvalue weighted by atomic mass is 28.3. The van der Waals surface area contributed by atoms with Crippen LogP contribution in [0.15, 0.2) is 0 Å². The lowest BCUT2D eigenvalue weighted by molar-refractivity contribution is -0.209. The quantitative estimate of drug-likeness (QED) is 0.465. The number of rotatable bonds is 3.